The highest BCUT2D eigenvalue weighted by molar-refractivity contribution is 6.11. The van der Waals surface area contributed by atoms with Gasteiger partial charge in [0.1, 0.15) is 11.2 Å². The van der Waals surface area contributed by atoms with Gasteiger partial charge in [0.25, 0.3) is 0 Å². The summed E-state index contributed by atoms with van der Waals surface area (Å²) in [6, 6.07) is 57.7. The molecule has 0 saturated heterocycles. The lowest BCUT2D eigenvalue weighted by molar-refractivity contribution is 0.568. The number of benzene rings is 7. The van der Waals surface area contributed by atoms with Crippen LogP contribution in [-0.2, 0) is 6.42 Å². The number of fused-ring (bicyclic) bond motifs is 9. The van der Waals surface area contributed by atoms with Gasteiger partial charge in [0.05, 0.1) is 11.0 Å². The van der Waals surface area contributed by atoms with Crippen molar-refractivity contribution in [1.82, 2.24) is 4.57 Å². The summed E-state index contributed by atoms with van der Waals surface area (Å²) in [7, 11) is 0. The smallest absolute Gasteiger partial charge is 0.135 e. The van der Waals surface area contributed by atoms with E-state index in [4.69, 9.17) is 4.42 Å². The third-order valence-corrected chi connectivity index (χ3v) is 10.7. The van der Waals surface area contributed by atoms with Crippen molar-refractivity contribution in [3.63, 3.8) is 0 Å². The molecule has 2 atom stereocenters. The zero-order valence-corrected chi connectivity index (χ0v) is 26.7. The molecular formula is C46H33NO. The molecule has 7 aromatic carbocycles. The van der Waals surface area contributed by atoms with Crippen LogP contribution < -0.4 is 0 Å². The molecule has 2 unspecified atom stereocenters. The molecule has 48 heavy (non-hydrogen) atoms. The quantitative estimate of drug-likeness (QED) is 0.193. The van der Waals surface area contributed by atoms with Crippen molar-refractivity contribution < 1.29 is 4.42 Å². The van der Waals surface area contributed by atoms with Crippen molar-refractivity contribution in [3.05, 3.63) is 174 Å². The fourth-order valence-corrected chi connectivity index (χ4v) is 8.34. The zero-order valence-electron chi connectivity index (χ0n) is 26.7. The fourth-order valence-electron chi connectivity index (χ4n) is 8.34. The summed E-state index contributed by atoms with van der Waals surface area (Å²) in [5.74, 6) is 0.789. The normalized spacial score (nSPS) is 14.8. The zero-order chi connectivity index (χ0) is 31.8. The first-order chi connectivity index (χ1) is 23.7. The number of aromatic nitrogens is 1. The molecule has 2 aromatic heterocycles. The summed E-state index contributed by atoms with van der Waals surface area (Å²) < 4.78 is 8.76. The summed E-state index contributed by atoms with van der Waals surface area (Å²) in [6.07, 6.45) is 1.06. The van der Waals surface area contributed by atoms with Crippen molar-refractivity contribution >= 4 is 43.7 Å². The molecular weight excluding hydrogens is 583 g/mol. The first-order valence-corrected chi connectivity index (χ1v) is 16.9. The van der Waals surface area contributed by atoms with Gasteiger partial charge in [-0.15, -0.1) is 0 Å². The summed E-state index contributed by atoms with van der Waals surface area (Å²) in [6.45, 7) is 2.40. The number of para-hydroxylation sites is 2. The average molecular weight is 616 g/mol. The van der Waals surface area contributed by atoms with Crippen LogP contribution in [0.4, 0.5) is 0 Å². The lowest BCUT2D eigenvalue weighted by Crippen LogP contribution is -2.17. The molecule has 10 rings (SSSR count). The molecule has 2 nitrogen and oxygen atoms in total. The van der Waals surface area contributed by atoms with E-state index in [9.17, 15) is 0 Å². The van der Waals surface area contributed by atoms with Gasteiger partial charge < -0.3 is 8.98 Å². The Morgan fingerprint density at radius 2 is 1.19 bits per heavy atom. The fraction of sp³-hybridized carbons (Fsp3) is 0.0870. The van der Waals surface area contributed by atoms with E-state index in [1.807, 2.05) is 0 Å². The van der Waals surface area contributed by atoms with Gasteiger partial charge >= 0.3 is 0 Å². The highest BCUT2D eigenvalue weighted by Gasteiger charge is 2.29. The predicted molar refractivity (Wildman–Crippen MR) is 200 cm³/mol. The number of hydrogen-bond acceptors (Lipinski definition) is 1. The Morgan fingerprint density at radius 3 is 2.00 bits per heavy atom. The first-order valence-electron chi connectivity index (χ1n) is 16.9. The van der Waals surface area contributed by atoms with Crippen LogP contribution >= 0.6 is 0 Å². The Morgan fingerprint density at radius 1 is 0.542 bits per heavy atom. The molecule has 0 fully saturated rings. The van der Waals surface area contributed by atoms with Crippen LogP contribution in [0.1, 0.15) is 35.4 Å². The van der Waals surface area contributed by atoms with E-state index in [1.54, 1.807) is 0 Å². The maximum absolute atomic E-state index is 6.38. The highest BCUT2D eigenvalue weighted by Crippen LogP contribution is 2.46. The van der Waals surface area contributed by atoms with Crippen LogP contribution in [0, 0.1) is 0 Å². The second-order valence-electron chi connectivity index (χ2n) is 13.3. The number of furan rings is 1. The molecule has 0 amide bonds. The maximum Gasteiger partial charge on any atom is 0.135 e. The molecule has 9 aromatic rings. The van der Waals surface area contributed by atoms with Gasteiger partial charge in [0.2, 0.25) is 0 Å². The molecule has 0 bridgehead atoms. The van der Waals surface area contributed by atoms with E-state index in [-0.39, 0.29) is 0 Å². The lowest BCUT2D eigenvalue weighted by Gasteiger charge is -2.32. The van der Waals surface area contributed by atoms with Crippen molar-refractivity contribution in [2.45, 2.75) is 25.2 Å². The molecule has 0 radical (unpaired) electrons. The monoisotopic (exact) mass is 615 g/mol. The predicted octanol–water partition coefficient (Wildman–Crippen LogP) is 12.5. The average Bonchev–Trinajstić information content (AvgIpc) is 3.69. The van der Waals surface area contributed by atoms with E-state index in [2.05, 4.69) is 169 Å². The van der Waals surface area contributed by atoms with Crippen LogP contribution in [0.5, 0.6) is 0 Å². The maximum atomic E-state index is 6.38. The van der Waals surface area contributed by atoms with Gasteiger partial charge in [0, 0.05) is 27.2 Å². The van der Waals surface area contributed by atoms with Crippen LogP contribution in [0.2, 0.25) is 0 Å². The minimum atomic E-state index is 0.367. The number of nitrogens with zero attached hydrogens (tertiary/aromatic N) is 1. The van der Waals surface area contributed by atoms with Crippen LogP contribution in [0.25, 0.3) is 71.7 Å². The topological polar surface area (TPSA) is 18.1 Å². The van der Waals surface area contributed by atoms with E-state index in [0.717, 1.165) is 34.0 Å². The van der Waals surface area contributed by atoms with Gasteiger partial charge in [-0.3, -0.25) is 0 Å². The van der Waals surface area contributed by atoms with Gasteiger partial charge in [-0.05, 0) is 99.7 Å². The Labute approximate surface area is 279 Å². The molecule has 0 aliphatic heterocycles. The molecule has 1 aliphatic rings. The van der Waals surface area contributed by atoms with Gasteiger partial charge in [-0.1, -0.05) is 122 Å². The molecule has 2 heteroatoms. The second-order valence-corrected chi connectivity index (χ2v) is 13.3. The SMILES string of the molecule is CC(c1cccc(-c2ccc3oc4ccc(-n5c6ccccc6c6ccccc65)cc4c3c2)c1)C1Cc2ccccc2-c2ccccc21. The lowest BCUT2D eigenvalue weighted by atomic mass is 9.71. The summed E-state index contributed by atoms with van der Waals surface area (Å²) in [5, 5.41) is 4.81. The van der Waals surface area contributed by atoms with E-state index < -0.39 is 0 Å². The largest absolute Gasteiger partial charge is 0.456 e. The number of rotatable bonds is 4. The molecule has 0 N–H and O–H groups in total. The first kappa shape index (κ1) is 27.3. The molecule has 228 valence electrons. The Hall–Kier alpha value is -5.86. The van der Waals surface area contributed by atoms with Gasteiger partial charge in [-0.2, -0.15) is 0 Å². The van der Waals surface area contributed by atoms with Gasteiger partial charge in [-0.25, -0.2) is 0 Å². The van der Waals surface area contributed by atoms with Crippen LogP contribution in [-0.4, -0.2) is 4.57 Å². The van der Waals surface area contributed by atoms with Crippen molar-refractivity contribution in [2.24, 2.45) is 0 Å². The third kappa shape index (κ3) is 4.12. The standard InChI is InChI=1S/C46H33NO/c1-29(40-27-33-11-2-3-14-35(33)36-15-4-5-16-37(36)40)30-12-10-13-31(25-30)32-21-23-45-41(26-32)42-28-34(22-24-46(42)48-45)47-43-19-8-6-17-38(43)39-18-7-9-20-44(39)47/h2-26,28-29,40H,27H2,1H3. The van der Waals surface area contributed by atoms with Gasteiger partial charge in [0.15, 0.2) is 0 Å². The van der Waals surface area contributed by atoms with Crippen molar-refractivity contribution in [1.29, 1.82) is 0 Å². The molecule has 1 aliphatic carbocycles. The Kier molecular flexibility index (Phi) is 6.01. The summed E-state index contributed by atoms with van der Waals surface area (Å²) in [4.78, 5) is 0. The van der Waals surface area contributed by atoms with E-state index in [0.29, 0.717) is 11.8 Å². The minimum Gasteiger partial charge on any atom is -0.456 e. The molecule has 0 spiro atoms. The van der Waals surface area contributed by atoms with E-state index >= 15 is 0 Å². The van der Waals surface area contributed by atoms with E-state index in [1.165, 1.54) is 60.8 Å². The second kappa shape index (κ2) is 10.6. The summed E-state index contributed by atoms with van der Waals surface area (Å²) in [5.41, 5.74) is 14.9. The highest BCUT2D eigenvalue weighted by atomic mass is 16.3. The molecule has 0 saturated carbocycles. The van der Waals surface area contributed by atoms with Crippen molar-refractivity contribution in [3.8, 4) is 27.9 Å². The van der Waals surface area contributed by atoms with Crippen molar-refractivity contribution in [2.75, 3.05) is 0 Å². The summed E-state index contributed by atoms with van der Waals surface area (Å²) >= 11 is 0. The Balaban J connectivity index is 1.06. The van der Waals surface area contributed by atoms with Crippen LogP contribution in [0.15, 0.2) is 162 Å². The number of hydrogen-bond donors (Lipinski definition) is 0. The van der Waals surface area contributed by atoms with Crippen LogP contribution in [0.3, 0.4) is 0 Å². The Bertz CT molecular complexity index is 2640. The third-order valence-electron chi connectivity index (χ3n) is 10.7. The minimum absolute atomic E-state index is 0.367. The molecule has 2 heterocycles.